The molecule has 0 radical (unpaired) electrons. The third kappa shape index (κ3) is 4.83. The number of nitrogens with zero attached hydrogens (tertiary/aromatic N) is 2. The maximum atomic E-state index is 12.0. The van der Waals surface area contributed by atoms with Gasteiger partial charge in [-0.1, -0.05) is 0 Å². The molecule has 2 heterocycles. The first kappa shape index (κ1) is 16.0. The fourth-order valence-electron chi connectivity index (χ4n) is 1.75. The number of nitrogens with one attached hydrogen (secondary N) is 2. The molecule has 0 fully saturated rings. The number of aromatic nitrogens is 3. The van der Waals surface area contributed by atoms with Crippen LogP contribution in [-0.2, 0) is 6.42 Å². The van der Waals surface area contributed by atoms with Crippen LogP contribution in [0.15, 0.2) is 17.9 Å². The molecule has 1 atom stereocenters. The van der Waals surface area contributed by atoms with Crippen molar-refractivity contribution in [2.75, 3.05) is 18.6 Å². The van der Waals surface area contributed by atoms with Crippen LogP contribution in [0.1, 0.15) is 33.7 Å². The molecule has 8 heteroatoms. The van der Waals surface area contributed by atoms with E-state index < -0.39 is 0 Å². The zero-order chi connectivity index (χ0) is 15.1. The highest BCUT2D eigenvalue weighted by atomic mass is 32.2. The van der Waals surface area contributed by atoms with Crippen molar-refractivity contribution in [3.05, 3.63) is 34.3 Å². The number of thioether (sulfide) groups is 1. The smallest absolute Gasteiger partial charge is 0.270 e. The Bertz CT molecular complexity index is 555. The van der Waals surface area contributed by atoms with E-state index in [0.29, 0.717) is 12.2 Å². The predicted octanol–water partition coefficient (Wildman–Crippen LogP) is 1.59. The van der Waals surface area contributed by atoms with E-state index in [0.717, 1.165) is 29.3 Å². The predicted molar refractivity (Wildman–Crippen MR) is 86.7 cm³/mol. The molecule has 4 N–H and O–H groups in total. The topological polar surface area (TPSA) is 96.7 Å². The third-order valence-electron chi connectivity index (χ3n) is 2.94. The first-order chi connectivity index (χ1) is 10.2. The summed E-state index contributed by atoms with van der Waals surface area (Å²) in [5.74, 6) is 0.834. The number of amides is 1. The van der Waals surface area contributed by atoms with Gasteiger partial charge in [-0.15, -0.1) is 11.3 Å². The van der Waals surface area contributed by atoms with Crippen LogP contribution >= 0.6 is 23.1 Å². The summed E-state index contributed by atoms with van der Waals surface area (Å²) in [4.78, 5) is 23.2. The molecule has 0 bridgehead atoms. The van der Waals surface area contributed by atoms with E-state index in [-0.39, 0.29) is 11.9 Å². The van der Waals surface area contributed by atoms with E-state index in [1.807, 2.05) is 6.26 Å². The number of imidazole rings is 1. The molecule has 0 spiro atoms. The van der Waals surface area contributed by atoms with E-state index in [1.54, 1.807) is 29.7 Å². The van der Waals surface area contributed by atoms with Gasteiger partial charge in [0.25, 0.3) is 5.91 Å². The normalized spacial score (nSPS) is 12.3. The number of carbonyl (C=O) groups excluding carboxylic acids is 1. The van der Waals surface area contributed by atoms with Gasteiger partial charge >= 0.3 is 0 Å². The Hall–Kier alpha value is -1.38. The van der Waals surface area contributed by atoms with Gasteiger partial charge in [0.1, 0.15) is 10.7 Å². The van der Waals surface area contributed by atoms with Crippen LogP contribution in [-0.4, -0.2) is 39.4 Å². The molecule has 0 aliphatic carbocycles. The fourth-order valence-corrected chi connectivity index (χ4v) is 3.08. The molecule has 2 aromatic heterocycles. The van der Waals surface area contributed by atoms with Crippen LogP contribution in [0.3, 0.4) is 0 Å². The lowest BCUT2D eigenvalue weighted by Gasteiger charge is -2.06. The van der Waals surface area contributed by atoms with Crippen molar-refractivity contribution in [1.29, 1.82) is 0 Å². The summed E-state index contributed by atoms with van der Waals surface area (Å²) in [5, 5.41) is 5.43. The lowest BCUT2D eigenvalue weighted by Crippen LogP contribution is -2.26. The molecule has 6 nitrogen and oxygen atoms in total. The Kier molecular flexibility index (Phi) is 6.21. The summed E-state index contributed by atoms with van der Waals surface area (Å²) in [6.07, 6.45) is 7.01. The number of hydrogen-bond acceptors (Lipinski definition) is 6. The standard InChI is InChI=1S/C13H19N5OS2/c1-20-5-3-10(14)13-18-11(7-21-13)12(19)16-4-2-9-6-15-8-17-9/h6-8,10H,2-5,14H2,1H3,(H,15,17)(H,16,19). The summed E-state index contributed by atoms with van der Waals surface area (Å²) in [6.45, 7) is 0.548. The molecule has 21 heavy (non-hydrogen) atoms. The average molecular weight is 325 g/mol. The number of thiazole rings is 1. The van der Waals surface area contributed by atoms with Crippen LogP contribution in [0, 0.1) is 0 Å². The quantitative estimate of drug-likeness (QED) is 0.685. The van der Waals surface area contributed by atoms with Gasteiger partial charge in [0.2, 0.25) is 0 Å². The average Bonchev–Trinajstić information content (AvgIpc) is 3.15. The summed E-state index contributed by atoms with van der Waals surface area (Å²) < 4.78 is 0. The molecular formula is C13H19N5OS2. The van der Waals surface area contributed by atoms with Gasteiger partial charge in [0.05, 0.1) is 12.4 Å². The van der Waals surface area contributed by atoms with Crippen LogP contribution in [0.25, 0.3) is 0 Å². The van der Waals surface area contributed by atoms with Crippen LogP contribution in [0.2, 0.25) is 0 Å². The molecule has 2 aromatic rings. The number of aromatic amines is 1. The van der Waals surface area contributed by atoms with Crippen molar-refractivity contribution in [3.63, 3.8) is 0 Å². The van der Waals surface area contributed by atoms with E-state index in [2.05, 4.69) is 20.3 Å². The van der Waals surface area contributed by atoms with Gasteiger partial charge in [-0.25, -0.2) is 9.97 Å². The lowest BCUT2D eigenvalue weighted by atomic mass is 10.2. The summed E-state index contributed by atoms with van der Waals surface area (Å²) in [6, 6.07) is -0.0889. The van der Waals surface area contributed by atoms with Crippen molar-refractivity contribution >= 4 is 29.0 Å². The van der Waals surface area contributed by atoms with Gasteiger partial charge in [-0.05, 0) is 18.4 Å². The number of rotatable bonds is 8. The number of H-pyrrole nitrogens is 1. The van der Waals surface area contributed by atoms with E-state index >= 15 is 0 Å². The summed E-state index contributed by atoms with van der Waals surface area (Å²) in [5.41, 5.74) is 7.49. The van der Waals surface area contributed by atoms with Crippen molar-refractivity contribution in [3.8, 4) is 0 Å². The second-order valence-electron chi connectivity index (χ2n) is 4.54. The van der Waals surface area contributed by atoms with Crippen molar-refractivity contribution in [2.45, 2.75) is 18.9 Å². The monoisotopic (exact) mass is 325 g/mol. The molecule has 0 saturated heterocycles. The minimum Gasteiger partial charge on any atom is -0.350 e. The Labute approximate surface area is 132 Å². The third-order valence-corrected chi connectivity index (χ3v) is 4.56. The fraction of sp³-hybridized carbons (Fsp3) is 0.462. The van der Waals surface area contributed by atoms with Gasteiger partial charge in [-0.3, -0.25) is 4.79 Å². The van der Waals surface area contributed by atoms with Gasteiger partial charge in [-0.2, -0.15) is 11.8 Å². The van der Waals surface area contributed by atoms with Gasteiger partial charge in [0.15, 0.2) is 0 Å². The summed E-state index contributed by atoms with van der Waals surface area (Å²) in [7, 11) is 0. The number of carbonyl (C=O) groups is 1. The van der Waals surface area contributed by atoms with Crippen LogP contribution in [0.4, 0.5) is 0 Å². The van der Waals surface area contributed by atoms with E-state index in [4.69, 9.17) is 5.73 Å². The largest absolute Gasteiger partial charge is 0.350 e. The van der Waals surface area contributed by atoms with E-state index in [9.17, 15) is 4.79 Å². The zero-order valence-electron chi connectivity index (χ0n) is 11.8. The Morgan fingerprint density at radius 2 is 2.48 bits per heavy atom. The highest BCUT2D eigenvalue weighted by molar-refractivity contribution is 7.98. The van der Waals surface area contributed by atoms with E-state index in [1.165, 1.54) is 11.3 Å². The molecule has 114 valence electrons. The van der Waals surface area contributed by atoms with Crippen LogP contribution < -0.4 is 11.1 Å². The second-order valence-corrected chi connectivity index (χ2v) is 6.42. The molecular weight excluding hydrogens is 306 g/mol. The molecule has 0 aliphatic rings. The molecule has 0 aliphatic heterocycles. The molecule has 2 rings (SSSR count). The SMILES string of the molecule is CSCCC(N)c1nc(C(=O)NCCc2cnc[nH]2)cs1. The molecule has 0 saturated carbocycles. The molecule has 1 amide bonds. The highest BCUT2D eigenvalue weighted by Crippen LogP contribution is 2.20. The Morgan fingerprint density at radius 3 is 3.19 bits per heavy atom. The lowest BCUT2D eigenvalue weighted by molar-refractivity contribution is 0.0949. The van der Waals surface area contributed by atoms with Gasteiger partial charge < -0.3 is 16.0 Å². The number of hydrogen-bond donors (Lipinski definition) is 3. The zero-order valence-corrected chi connectivity index (χ0v) is 13.5. The minimum absolute atomic E-state index is 0.0889. The number of nitrogens with two attached hydrogens (primary N) is 1. The van der Waals surface area contributed by atoms with Crippen molar-refractivity contribution in [1.82, 2.24) is 20.3 Å². The maximum Gasteiger partial charge on any atom is 0.270 e. The first-order valence-electron chi connectivity index (χ1n) is 6.66. The Morgan fingerprint density at radius 1 is 1.62 bits per heavy atom. The van der Waals surface area contributed by atoms with Crippen LogP contribution in [0.5, 0.6) is 0 Å². The highest BCUT2D eigenvalue weighted by Gasteiger charge is 2.14. The molecule has 1 unspecified atom stereocenters. The second kappa shape index (κ2) is 8.16. The first-order valence-corrected chi connectivity index (χ1v) is 8.93. The summed E-state index contributed by atoms with van der Waals surface area (Å²) >= 11 is 3.20. The van der Waals surface area contributed by atoms with Crippen molar-refractivity contribution < 1.29 is 4.79 Å². The Balaban J connectivity index is 1.81. The van der Waals surface area contributed by atoms with Gasteiger partial charge in [0, 0.05) is 30.2 Å². The van der Waals surface area contributed by atoms with Crippen molar-refractivity contribution in [2.24, 2.45) is 5.73 Å². The minimum atomic E-state index is -0.158. The maximum absolute atomic E-state index is 12.0. The molecule has 0 aromatic carbocycles.